The molecule has 20 heavy (non-hydrogen) atoms. The molecule has 1 rings (SSSR count). The third kappa shape index (κ3) is 6.33. The molecule has 0 aliphatic rings. The van der Waals surface area contributed by atoms with Crippen molar-refractivity contribution in [3.05, 3.63) is 24.0 Å². The number of hydrogen-bond donors (Lipinski definition) is 2. The molecule has 112 valence electrons. The molecule has 8 heteroatoms. The fraction of sp³-hybridized carbons (Fsp3) is 0.417. The van der Waals surface area contributed by atoms with Crippen molar-refractivity contribution in [3.8, 4) is 0 Å². The van der Waals surface area contributed by atoms with Gasteiger partial charge in [-0.25, -0.2) is 12.8 Å². The Morgan fingerprint density at radius 1 is 1.35 bits per heavy atom. The van der Waals surface area contributed by atoms with Gasteiger partial charge in [-0.1, -0.05) is 15.9 Å². The molecule has 0 saturated heterocycles. The maximum absolute atomic E-state index is 13.4. The largest absolute Gasteiger partial charge is 0.326 e. The smallest absolute Gasteiger partial charge is 0.229 e. The summed E-state index contributed by atoms with van der Waals surface area (Å²) < 4.78 is 37.7. The van der Waals surface area contributed by atoms with Crippen molar-refractivity contribution in [2.24, 2.45) is 0 Å². The standard InChI is InChI=1S/C12H16BrFN2O3S/c1-20(18,19)16-11-8-9(5-6-10(11)14)15-12(17)4-2-3-7-13/h5-6,8,16H,2-4,7H2,1H3,(H,15,17). The van der Waals surface area contributed by atoms with E-state index in [1.807, 2.05) is 0 Å². The van der Waals surface area contributed by atoms with Crippen LogP contribution in [0, 0.1) is 5.82 Å². The van der Waals surface area contributed by atoms with E-state index in [0.29, 0.717) is 12.1 Å². The van der Waals surface area contributed by atoms with Gasteiger partial charge in [-0.15, -0.1) is 0 Å². The summed E-state index contributed by atoms with van der Waals surface area (Å²) in [6.45, 7) is 0. The van der Waals surface area contributed by atoms with E-state index in [2.05, 4.69) is 26.0 Å². The molecule has 0 fully saturated rings. The summed E-state index contributed by atoms with van der Waals surface area (Å²) in [5.41, 5.74) is 0.159. The van der Waals surface area contributed by atoms with Crippen LogP contribution in [0.1, 0.15) is 19.3 Å². The van der Waals surface area contributed by atoms with Crippen LogP contribution >= 0.6 is 15.9 Å². The van der Waals surface area contributed by atoms with Crippen LogP contribution in [0.25, 0.3) is 0 Å². The van der Waals surface area contributed by atoms with E-state index in [4.69, 9.17) is 0 Å². The van der Waals surface area contributed by atoms with E-state index in [1.54, 1.807) is 0 Å². The molecule has 2 N–H and O–H groups in total. The molecular formula is C12H16BrFN2O3S. The molecular weight excluding hydrogens is 351 g/mol. The lowest BCUT2D eigenvalue weighted by Crippen LogP contribution is -2.13. The Morgan fingerprint density at radius 3 is 2.65 bits per heavy atom. The first-order chi connectivity index (χ1) is 9.31. The fourth-order valence-corrected chi connectivity index (χ4v) is 2.44. The van der Waals surface area contributed by atoms with Crippen LogP contribution in [0.4, 0.5) is 15.8 Å². The average molecular weight is 367 g/mol. The minimum atomic E-state index is -3.57. The number of rotatable bonds is 7. The molecule has 1 aromatic rings. The zero-order chi connectivity index (χ0) is 15.2. The van der Waals surface area contributed by atoms with Crippen LogP contribution in [-0.4, -0.2) is 25.9 Å². The molecule has 0 saturated carbocycles. The van der Waals surface area contributed by atoms with Gasteiger partial charge in [0.15, 0.2) is 0 Å². The van der Waals surface area contributed by atoms with Crippen molar-refractivity contribution in [1.29, 1.82) is 0 Å². The van der Waals surface area contributed by atoms with Crippen molar-refractivity contribution in [2.75, 3.05) is 21.6 Å². The molecule has 0 aromatic heterocycles. The average Bonchev–Trinajstić information content (AvgIpc) is 2.32. The van der Waals surface area contributed by atoms with Gasteiger partial charge in [-0.2, -0.15) is 0 Å². The number of sulfonamides is 1. The first-order valence-corrected chi connectivity index (χ1v) is 8.96. The van der Waals surface area contributed by atoms with Crippen molar-refractivity contribution in [1.82, 2.24) is 0 Å². The van der Waals surface area contributed by atoms with Gasteiger partial charge in [0.2, 0.25) is 15.9 Å². The number of unbranched alkanes of at least 4 members (excludes halogenated alkanes) is 1. The van der Waals surface area contributed by atoms with Crippen LogP contribution < -0.4 is 10.0 Å². The number of hydrogen-bond acceptors (Lipinski definition) is 3. The highest BCUT2D eigenvalue weighted by Gasteiger charge is 2.10. The van der Waals surface area contributed by atoms with Crippen molar-refractivity contribution >= 4 is 43.2 Å². The Balaban J connectivity index is 2.72. The normalized spacial score (nSPS) is 11.2. The number of nitrogens with one attached hydrogen (secondary N) is 2. The second-order valence-corrected chi connectivity index (χ2v) is 6.80. The van der Waals surface area contributed by atoms with Gasteiger partial charge in [0.1, 0.15) is 5.82 Å². The SMILES string of the molecule is CS(=O)(=O)Nc1cc(NC(=O)CCCCBr)ccc1F. The van der Waals surface area contributed by atoms with Crippen LogP contribution in [0.5, 0.6) is 0 Å². The van der Waals surface area contributed by atoms with Crippen molar-refractivity contribution in [3.63, 3.8) is 0 Å². The van der Waals surface area contributed by atoms with E-state index in [0.717, 1.165) is 30.5 Å². The Kier molecular flexibility index (Phi) is 6.41. The molecule has 0 unspecified atom stereocenters. The number of amides is 1. The maximum Gasteiger partial charge on any atom is 0.229 e. The van der Waals surface area contributed by atoms with Gasteiger partial charge in [0.25, 0.3) is 0 Å². The lowest BCUT2D eigenvalue weighted by atomic mass is 10.2. The Hall–Kier alpha value is -1.15. The van der Waals surface area contributed by atoms with E-state index in [1.165, 1.54) is 12.1 Å². The second-order valence-electron chi connectivity index (χ2n) is 4.26. The number of anilines is 2. The van der Waals surface area contributed by atoms with Gasteiger partial charge in [0.05, 0.1) is 11.9 Å². The topological polar surface area (TPSA) is 75.3 Å². The predicted molar refractivity (Wildman–Crippen MR) is 81.1 cm³/mol. The van der Waals surface area contributed by atoms with Crippen LogP contribution in [0.15, 0.2) is 18.2 Å². The Morgan fingerprint density at radius 2 is 2.05 bits per heavy atom. The highest BCUT2D eigenvalue weighted by Crippen LogP contribution is 2.20. The van der Waals surface area contributed by atoms with E-state index < -0.39 is 15.8 Å². The van der Waals surface area contributed by atoms with Crippen molar-refractivity contribution in [2.45, 2.75) is 19.3 Å². The molecule has 5 nitrogen and oxygen atoms in total. The van der Waals surface area contributed by atoms with Gasteiger partial charge in [-0.05, 0) is 31.0 Å². The Bertz CT molecular complexity index is 578. The minimum absolute atomic E-state index is 0.189. The first-order valence-electron chi connectivity index (χ1n) is 5.95. The summed E-state index contributed by atoms with van der Waals surface area (Å²) >= 11 is 3.27. The van der Waals surface area contributed by atoms with Gasteiger partial charge in [-0.3, -0.25) is 9.52 Å². The van der Waals surface area contributed by atoms with E-state index in [9.17, 15) is 17.6 Å². The van der Waals surface area contributed by atoms with Crippen LogP contribution in [0.2, 0.25) is 0 Å². The number of benzene rings is 1. The number of carbonyl (C=O) groups excluding carboxylic acids is 1. The summed E-state index contributed by atoms with van der Waals surface area (Å²) in [6.07, 6.45) is 2.92. The third-order valence-corrected chi connectivity index (χ3v) is 3.48. The van der Waals surface area contributed by atoms with Gasteiger partial charge in [0, 0.05) is 17.4 Å². The van der Waals surface area contributed by atoms with Gasteiger partial charge >= 0.3 is 0 Å². The molecule has 0 atom stereocenters. The highest BCUT2D eigenvalue weighted by atomic mass is 79.9. The molecule has 0 spiro atoms. The second kappa shape index (κ2) is 7.58. The van der Waals surface area contributed by atoms with E-state index in [-0.39, 0.29) is 11.6 Å². The zero-order valence-electron chi connectivity index (χ0n) is 10.9. The molecule has 0 radical (unpaired) electrons. The molecule has 0 heterocycles. The highest BCUT2D eigenvalue weighted by molar-refractivity contribution is 9.09. The molecule has 0 aliphatic heterocycles. The Labute approximate surface area is 126 Å². The first kappa shape index (κ1) is 16.9. The molecule has 0 bridgehead atoms. The lowest BCUT2D eigenvalue weighted by molar-refractivity contribution is -0.116. The molecule has 1 aromatic carbocycles. The maximum atomic E-state index is 13.4. The lowest BCUT2D eigenvalue weighted by Gasteiger charge is -2.09. The van der Waals surface area contributed by atoms with Crippen molar-refractivity contribution < 1.29 is 17.6 Å². The van der Waals surface area contributed by atoms with Crippen LogP contribution in [-0.2, 0) is 14.8 Å². The summed E-state index contributed by atoms with van der Waals surface area (Å²) in [5.74, 6) is -0.893. The van der Waals surface area contributed by atoms with Crippen LogP contribution in [0.3, 0.4) is 0 Å². The number of halogens is 2. The molecule has 1 amide bonds. The summed E-state index contributed by atoms with van der Waals surface area (Å²) in [4.78, 5) is 11.6. The predicted octanol–water partition coefficient (Wildman–Crippen LogP) is 2.70. The monoisotopic (exact) mass is 366 g/mol. The van der Waals surface area contributed by atoms with Gasteiger partial charge < -0.3 is 5.32 Å². The minimum Gasteiger partial charge on any atom is -0.326 e. The molecule has 0 aliphatic carbocycles. The quantitative estimate of drug-likeness (QED) is 0.575. The number of alkyl halides is 1. The number of carbonyl (C=O) groups is 1. The summed E-state index contributed by atoms with van der Waals surface area (Å²) in [7, 11) is -3.57. The fourth-order valence-electron chi connectivity index (χ4n) is 1.48. The third-order valence-electron chi connectivity index (χ3n) is 2.33. The summed E-state index contributed by atoms with van der Waals surface area (Å²) in [6, 6.07) is 3.73. The van der Waals surface area contributed by atoms with E-state index >= 15 is 0 Å². The summed E-state index contributed by atoms with van der Waals surface area (Å²) in [5, 5.41) is 3.43. The zero-order valence-corrected chi connectivity index (χ0v) is 13.4.